The highest BCUT2D eigenvalue weighted by Crippen LogP contribution is 2.33. The SMILES string of the molecule is Fc1ccc(-c2ncc(C3CCN(c4ncccn4)CC3)nc2-c2ccc(F)cc2)cc1. The Hall–Kier alpha value is -3.74. The minimum absolute atomic E-state index is 0.254. The minimum atomic E-state index is -0.309. The molecule has 0 amide bonds. The van der Waals surface area contributed by atoms with Gasteiger partial charge in [0, 0.05) is 48.7 Å². The molecule has 0 atom stereocenters. The summed E-state index contributed by atoms with van der Waals surface area (Å²) in [6.07, 6.45) is 7.13. The molecule has 7 heteroatoms. The highest BCUT2D eigenvalue weighted by Gasteiger charge is 2.24. The van der Waals surface area contributed by atoms with Crippen molar-refractivity contribution in [2.75, 3.05) is 18.0 Å². The van der Waals surface area contributed by atoms with Crippen LogP contribution in [-0.2, 0) is 0 Å². The van der Waals surface area contributed by atoms with E-state index in [9.17, 15) is 8.78 Å². The molecule has 160 valence electrons. The Morgan fingerprint density at radius 2 is 1.28 bits per heavy atom. The second-order valence-corrected chi connectivity index (χ2v) is 7.82. The molecule has 5 rings (SSSR count). The molecule has 0 saturated carbocycles. The van der Waals surface area contributed by atoms with Crippen LogP contribution >= 0.6 is 0 Å². The maximum Gasteiger partial charge on any atom is 0.225 e. The Kier molecular flexibility index (Phi) is 5.54. The Bertz CT molecular complexity index is 1190. The topological polar surface area (TPSA) is 54.8 Å². The van der Waals surface area contributed by atoms with Gasteiger partial charge in [-0.25, -0.2) is 23.7 Å². The maximum absolute atomic E-state index is 13.5. The summed E-state index contributed by atoms with van der Waals surface area (Å²) in [5.74, 6) is 0.382. The third-order valence-electron chi connectivity index (χ3n) is 5.77. The largest absolute Gasteiger partial charge is 0.341 e. The van der Waals surface area contributed by atoms with Gasteiger partial charge in [-0.2, -0.15) is 0 Å². The molecular formula is C25H21F2N5. The lowest BCUT2D eigenvalue weighted by atomic mass is 9.93. The lowest BCUT2D eigenvalue weighted by Gasteiger charge is -2.31. The number of piperidine rings is 1. The summed E-state index contributed by atoms with van der Waals surface area (Å²) >= 11 is 0. The first-order valence-corrected chi connectivity index (χ1v) is 10.6. The molecule has 2 aromatic carbocycles. The summed E-state index contributed by atoms with van der Waals surface area (Å²) in [6.45, 7) is 1.67. The second-order valence-electron chi connectivity index (χ2n) is 7.82. The number of nitrogens with zero attached hydrogens (tertiary/aromatic N) is 5. The Balaban J connectivity index is 1.46. The van der Waals surface area contributed by atoms with Gasteiger partial charge in [0.2, 0.25) is 5.95 Å². The molecule has 2 aromatic heterocycles. The fraction of sp³-hybridized carbons (Fsp3) is 0.200. The van der Waals surface area contributed by atoms with Crippen molar-refractivity contribution in [2.45, 2.75) is 18.8 Å². The number of halogens is 2. The molecule has 3 heterocycles. The van der Waals surface area contributed by atoms with Crippen molar-refractivity contribution in [1.82, 2.24) is 19.9 Å². The molecule has 0 spiro atoms. The highest BCUT2D eigenvalue weighted by molar-refractivity contribution is 5.77. The van der Waals surface area contributed by atoms with E-state index in [0.29, 0.717) is 11.4 Å². The molecule has 0 radical (unpaired) electrons. The van der Waals surface area contributed by atoms with Crippen LogP contribution in [0.2, 0.25) is 0 Å². The van der Waals surface area contributed by atoms with E-state index < -0.39 is 0 Å². The van der Waals surface area contributed by atoms with Crippen LogP contribution in [0.3, 0.4) is 0 Å². The van der Waals surface area contributed by atoms with Gasteiger partial charge in [0.05, 0.1) is 17.1 Å². The smallest absolute Gasteiger partial charge is 0.225 e. The summed E-state index contributed by atoms with van der Waals surface area (Å²) < 4.78 is 27.0. The summed E-state index contributed by atoms with van der Waals surface area (Å²) in [5.41, 5.74) is 3.76. The van der Waals surface area contributed by atoms with Gasteiger partial charge < -0.3 is 4.90 Å². The van der Waals surface area contributed by atoms with Crippen molar-refractivity contribution >= 4 is 5.95 Å². The zero-order chi connectivity index (χ0) is 21.9. The van der Waals surface area contributed by atoms with Gasteiger partial charge >= 0.3 is 0 Å². The molecule has 1 fully saturated rings. The molecule has 0 unspecified atom stereocenters. The van der Waals surface area contributed by atoms with Crippen LogP contribution in [0.1, 0.15) is 24.5 Å². The van der Waals surface area contributed by atoms with Crippen LogP contribution < -0.4 is 4.90 Å². The Morgan fingerprint density at radius 3 is 1.88 bits per heavy atom. The number of aromatic nitrogens is 4. The predicted octanol–water partition coefficient (Wildman–Crippen LogP) is 5.26. The number of hydrogen-bond donors (Lipinski definition) is 0. The fourth-order valence-corrected chi connectivity index (χ4v) is 4.06. The number of benzene rings is 2. The van der Waals surface area contributed by atoms with Crippen LogP contribution in [0.25, 0.3) is 22.5 Å². The van der Waals surface area contributed by atoms with Crippen molar-refractivity contribution in [3.63, 3.8) is 0 Å². The van der Waals surface area contributed by atoms with Gasteiger partial charge in [-0.05, 0) is 67.4 Å². The second kappa shape index (κ2) is 8.78. The van der Waals surface area contributed by atoms with Gasteiger partial charge in [0.25, 0.3) is 0 Å². The van der Waals surface area contributed by atoms with Crippen molar-refractivity contribution in [2.24, 2.45) is 0 Å². The average Bonchev–Trinajstić information content (AvgIpc) is 2.85. The third-order valence-corrected chi connectivity index (χ3v) is 5.77. The molecule has 5 nitrogen and oxygen atoms in total. The maximum atomic E-state index is 13.5. The van der Waals surface area contributed by atoms with E-state index in [4.69, 9.17) is 9.97 Å². The molecule has 1 aliphatic heterocycles. The van der Waals surface area contributed by atoms with E-state index in [-0.39, 0.29) is 17.6 Å². The van der Waals surface area contributed by atoms with Crippen LogP contribution in [0.5, 0.6) is 0 Å². The zero-order valence-corrected chi connectivity index (χ0v) is 17.3. The molecule has 1 aliphatic rings. The van der Waals surface area contributed by atoms with Crippen LogP contribution in [0, 0.1) is 11.6 Å². The van der Waals surface area contributed by atoms with Gasteiger partial charge in [0.15, 0.2) is 0 Å². The quantitative estimate of drug-likeness (QED) is 0.443. The first kappa shape index (κ1) is 20.2. The summed E-state index contributed by atoms with van der Waals surface area (Å²) in [6, 6.07) is 14.2. The first-order valence-electron chi connectivity index (χ1n) is 10.6. The van der Waals surface area contributed by atoms with Crippen LogP contribution in [0.4, 0.5) is 14.7 Å². The molecule has 0 bridgehead atoms. The fourth-order valence-electron chi connectivity index (χ4n) is 4.06. The molecule has 0 N–H and O–H groups in total. The van der Waals surface area contributed by atoms with Crippen molar-refractivity contribution < 1.29 is 8.78 Å². The van der Waals surface area contributed by atoms with Gasteiger partial charge in [-0.1, -0.05) is 0 Å². The Morgan fingerprint density at radius 1 is 0.719 bits per heavy atom. The minimum Gasteiger partial charge on any atom is -0.341 e. The summed E-state index contributed by atoms with van der Waals surface area (Å²) in [7, 11) is 0. The lowest BCUT2D eigenvalue weighted by molar-refractivity contribution is 0.490. The van der Waals surface area contributed by atoms with Crippen LogP contribution in [-0.4, -0.2) is 33.0 Å². The van der Waals surface area contributed by atoms with E-state index in [2.05, 4.69) is 14.9 Å². The van der Waals surface area contributed by atoms with Gasteiger partial charge in [0.1, 0.15) is 11.6 Å². The van der Waals surface area contributed by atoms with E-state index in [1.165, 1.54) is 24.3 Å². The lowest BCUT2D eigenvalue weighted by Crippen LogP contribution is -2.34. The zero-order valence-electron chi connectivity index (χ0n) is 17.3. The first-order chi connectivity index (χ1) is 15.7. The van der Waals surface area contributed by atoms with E-state index >= 15 is 0 Å². The van der Waals surface area contributed by atoms with Crippen molar-refractivity contribution in [1.29, 1.82) is 0 Å². The van der Waals surface area contributed by atoms with Gasteiger partial charge in [-0.3, -0.25) is 4.98 Å². The van der Waals surface area contributed by atoms with Crippen molar-refractivity contribution in [3.8, 4) is 22.5 Å². The number of anilines is 1. The Labute approximate surface area is 184 Å². The van der Waals surface area contributed by atoms with E-state index in [1.807, 2.05) is 12.3 Å². The monoisotopic (exact) mass is 429 g/mol. The standard InChI is InChI=1S/C25H21F2N5/c26-20-6-2-18(3-7-20)23-24(19-4-8-21(27)9-5-19)31-22(16-30-23)17-10-14-32(15-11-17)25-28-12-1-13-29-25/h1-9,12-13,16-17H,10-11,14-15H2. The summed E-state index contributed by atoms with van der Waals surface area (Å²) in [4.78, 5) is 20.5. The summed E-state index contributed by atoms with van der Waals surface area (Å²) in [5, 5.41) is 0. The molecule has 1 saturated heterocycles. The normalized spacial score (nSPS) is 14.5. The number of hydrogen-bond acceptors (Lipinski definition) is 5. The molecule has 32 heavy (non-hydrogen) atoms. The third kappa shape index (κ3) is 4.19. The molecular weight excluding hydrogens is 408 g/mol. The predicted molar refractivity (Wildman–Crippen MR) is 119 cm³/mol. The van der Waals surface area contributed by atoms with Gasteiger partial charge in [-0.15, -0.1) is 0 Å². The van der Waals surface area contributed by atoms with E-state index in [0.717, 1.165) is 48.7 Å². The van der Waals surface area contributed by atoms with Crippen LogP contribution in [0.15, 0.2) is 73.2 Å². The molecule has 4 aromatic rings. The highest BCUT2D eigenvalue weighted by atomic mass is 19.1. The number of rotatable bonds is 4. The molecule has 0 aliphatic carbocycles. The van der Waals surface area contributed by atoms with E-state index in [1.54, 1.807) is 36.7 Å². The van der Waals surface area contributed by atoms with Crippen molar-refractivity contribution in [3.05, 3.63) is 90.5 Å². The average molecular weight is 429 g/mol.